The molecule has 2 aliphatic carbocycles. The molecule has 26 heavy (non-hydrogen) atoms. The summed E-state index contributed by atoms with van der Waals surface area (Å²) >= 11 is 0. The van der Waals surface area contributed by atoms with E-state index in [1.807, 2.05) is 0 Å². The number of ether oxygens (including phenoxy) is 1. The van der Waals surface area contributed by atoms with E-state index in [4.69, 9.17) is 4.74 Å². The van der Waals surface area contributed by atoms with Gasteiger partial charge in [-0.15, -0.1) is 0 Å². The lowest BCUT2D eigenvalue weighted by atomic mass is 9.71. The van der Waals surface area contributed by atoms with Gasteiger partial charge >= 0.3 is 0 Å². The highest BCUT2D eigenvalue weighted by molar-refractivity contribution is 5.00. The van der Waals surface area contributed by atoms with Crippen LogP contribution in [0, 0.1) is 23.7 Å². The van der Waals surface area contributed by atoms with Gasteiger partial charge < -0.3 is 4.74 Å². The van der Waals surface area contributed by atoms with Crippen molar-refractivity contribution in [1.29, 1.82) is 0 Å². The van der Waals surface area contributed by atoms with Crippen LogP contribution in [0.25, 0.3) is 0 Å². The van der Waals surface area contributed by atoms with Crippen LogP contribution in [0.2, 0.25) is 0 Å². The quantitative estimate of drug-likeness (QED) is 0.317. The summed E-state index contributed by atoms with van der Waals surface area (Å²) in [6.45, 7) is 7.87. The lowest BCUT2D eigenvalue weighted by Crippen LogP contribution is -2.23. The van der Waals surface area contributed by atoms with Gasteiger partial charge in [-0.25, -0.2) is 0 Å². The van der Waals surface area contributed by atoms with Gasteiger partial charge in [0.05, 0.1) is 12.4 Å². The van der Waals surface area contributed by atoms with Gasteiger partial charge in [0.1, 0.15) is 0 Å². The molecule has 0 bridgehead atoms. The van der Waals surface area contributed by atoms with Gasteiger partial charge in [-0.05, 0) is 68.3 Å². The van der Waals surface area contributed by atoms with E-state index in [2.05, 4.69) is 26.8 Å². The van der Waals surface area contributed by atoms with Gasteiger partial charge in [-0.3, -0.25) is 0 Å². The van der Waals surface area contributed by atoms with Crippen LogP contribution in [-0.4, -0.2) is 6.61 Å². The van der Waals surface area contributed by atoms with Crippen molar-refractivity contribution in [2.24, 2.45) is 23.7 Å². The van der Waals surface area contributed by atoms with Crippen molar-refractivity contribution in [3.63, 3.8) is 0 Å². The molecule has 2 aliphatic rings. The van der Waals surface area contributed by atoms with Crippen molar-refractivity contribution in [2.45, 2.75) is 117 Å². The summed E-state index contributed by atoms with van der Waals surface area (Å²) in [6, 6.07) is 0. The maximum absolute atomic E-state index is 6.04. The average Bonchev–Trinajstić information content (AvgIpc) is 2.66. The fraction of sp³-hybridized carbons (Fsp3) is 0.920. The van der Waals surface area contributed by atoms with Crippen molar-refractivity contribution < 1.29 is 4.74 Å². The van der Waals surface area contributed by atoms with E-state index in [0.717, 1.165) is 30.3 Å². The molecule has 152 valence electrons. The smallest absolute Gasteiger partial charge is 0.0920 e. The Bertz CT molecular complexity index is 376. The standard InChI is InChI=1S/C25H46O/c1-4-5-6-7-11-22-12-14-23(15-13-22)24-16-18-25(19-17-24)26-20-9-8-10-21(2)3/h18,21-24H,4-17,19-20H2,1-3H3. The van der Waals surface area contributed by atoms with Crippen LogP contribution in [0.3, 0.4) is 0 Å². The Labute approximate surface area is 164 Å². The molecule has 1 heteroatoms. The van der Waals surface area contributed by atoms with Gasteiger partial charge in [0.25, 0.3) is 0 Å². The molecule has 0 aromatic carbocycles. The fourth-order valence-corrected chi connectivity index (χ4v) is 5.06. The van der Waals surface area contributed by atoms with Crippen LogP contribution in [0.4, 0.5) is 0 Å². The third-order valence-corrected chi connectivity index (χ3v) is 6.90. The first-order valence-electron chi connectivity index (χ1n) is 12.0. The van der Waals surface area contributed by atoms with Crippen LogP contribution in [-0.2, 0) is 4.74 Å². The molecular formula is C25H46O. The molecule has 0 heterocycles. The number of hydrogen-bond acceptors (Lipinski definition) is 1. The molecule has 0 spiro atoms. The van der Waals surface area contributed by atoms with Gasteiger partial charge in [0.15, 0.2) is 0 Å². The van der Waals surface area contributed by atoms with E-state index in [1.165, 1.54) is 102 Å². The Balaban J connectivity index is 1.56. The normalized spacial score (nSPS) is 26.8. The Morgan fingerprint density at radius 1 is 0.923 bits per heavy atom. The van der Waals surface area contributed by atoms with Crippen molar-refractivity contribution in [3.05, 3.63) is 11.8 Å². The highest BCUT2D eigenvalue weighted by Crippen LogP contribution is 2.40. The molecular weight excluding hydrogens is 316 g/mol. The Kier molecular flexibility index (Phi) is 10.8. The number of unbranched alkanes of at least 4 members (excludes halogenated alkanes) is 4. The van der Waals surface area contributed by atoms with E-state index >= 15 is 0 Å². The second-order valence-electron chi connectivity index (χ2n) is 9.57. The van der Waals surface area contributed by atoms with Gasteiger partial charge in [0.2, 0.25) is 0 Å². The average molecular weight is 363 g/mol. The molecule has 1 atom stereocenters. The topological polar surface area (TPSA) is 9.23 Å². The Morgan fingerprint density at radius 3 is 2.38 bits per heavy atom. The predicted molar refractivity (Wildman–Crippen MR) is 114 cm³/mol. The Morgan fingerprint density at radius 2 is 1.73 bits per heavy atom. The third kappa shape index (κ3) is 8.49. The minimum Gasteiger partial charge on any atom is -0.498 e. The van der Waals surface area contributed by atoms with Crippen molar-refractivity contribution >= 4 is 0 Å². The maximum atomic E-state index is 6.04. The van der Waals surface area contributed by atoms with Crippen LogP contribution >= 0.6 is 0 Å². The van der Waals surface area contributed by atoms with Gasteiger partial charge in [-0.1, -0.05) is 72.1 Å². The zero-order chi connectivity index (χ0) is 18.6. The first-order chi connectivity index (χ1) is 12.7. The van der Waals surface area contributed by atoms with Crippen LogP contribution in [0.15, 0.2) is 11.8 Å². The first kappa shape index (κ1) is 21.8. The predicted octanol–water partition coefficient (Wildman–Crippen LogP) is 8.29. The molecule has 0 aliphatic heterocycles. The highest BCUT2D eigenvalue weighted by Gasteiger charge is 2.28. The number of rotatable bonds is 12. The summed E-state index contributed by atoms with van der Waals surface area (Å²) in [5, 5.41) is 0. The minimum absolute atomic E-state index is 0.830. The van der Waals surface area contributed by atoms with Gasteiger partial charge in [-0.2, -0.15) is 0 Å². The van der Waals surface area contributed by atoms with Crippen LogP contribution in [0.5, 0.6) is 0 Å². The monoisotopic (exact) mass is 362 g/mol. The van der Waals surface area contributed by atoms with E-state index < -0.39 is 0 Å². The lowest BCUT2D eigenvalue weighted by molar-refractivity contribution is 0.151. The molecule has 1 nitrogen and oxygen atoms in total. The second kappa shape index (κ2) is 12.8. The molecule has 0 aromatic heterocycles. The first-order valence-corrected chi connectivity index (χ1v) is 12.0. The molecule has 0 N–H and O–H groups in total. The summed E-state index contributed by atoms with van der Waals surface area (Å²) in [5.74, 6) is 5.13. The second-order valence-corrected chi connectivity index (χ2v) is 9.57. The summed E-state index contributed by atoms with van der Waals surface area (Å²) in [6.07, 6.45) is 23.5. The fourth-order valence-electron chi connectivity index (χ4n) is 5.06. The molecule has 0 saturated heterocycles. The zero-order valence-corrected chi connectivity index (χ0v) is 18.1. The van der Waals surface area contributed by atoms with Crippen LogP contribution in [0.1, 0.15) is 117 Å². The Hall–Kier alpha value is -0.460. The summed E-state index contributed by atoms with van der Waals surface area (Å²) in [7, 11) is 0. The maximum Gasteiger partial charge on any atom is 0.0920 e. The molecule has 1 unspecified atom stereocenters. The summed E-state index contributed by atoms with van der Waals surface area (Å²) in [5.41, 5.74) is 0. The minimum atomic E-state index is 0.830. The van der Waals surface area contributed by atoms with Gasteiger partial charge in [0, 0.05) is 6.42 Å². The van der Waals surface area contributed by atoms with Crippen LogP contribution < -0.4 is 0 Å². The van der Waals surface area contributed by atoms with Crippen molar-refractivity contribution in [3.8, 4) is 0 Å². The molecule has 2 rings (SSSR count). The number of allylic oxidation sites excluding steroid dienone is 2. The largest absolute Gasteiger partial charge is 0.498 e. The third-order valence-electron chi connectivity index (χ3n) is 6.90. The van der Waals surface area contributed by atoms with E-state index in [1.54, 1.807) is 0 Å². The molecule has 1 fully saturated rings. The SMILES string of the molecule is CCCCCCC1CCC(C2CC=C(OCCCCC(C)C)CC2)CC1. The lowest BCUT2D eigenvalue weighted by Gasteiger charge is -2.35. The zero-order valence-electron chi connectivity index (χ0n) is 18.1. The summed E-state index contributed by atoms with van der Waals surface area (Å²) < 4.78 is 6.04. The van der Waals surface area contributed by atoms with E-state index in [9.17, 15) is 0 Å². The molecule has 0 amide bonds. The van der Waals surface area contributed by atoms with E-state index in [-0.39, 0.29) is 0 Å². The molecule has 0 radical (unpaired) electrons. The highest BCUT2D eigenvalue weighted by atomic mass is 16.5. The molecule has 0 aromatic rings. The van der Waals surface area contributed by atoms with Crippen molar-refractivity contribution in [1.82, 2.24) is 0 Å². The summed E-state index contributed by atoms with van der Waals surface area (Å²) in [4.78, 5) is 0. The van der Waals surface area contributed by atoms with Crippen molar-refractivity contribution in [2.75, 3.05) is 6.61 Å². The number of hydrogen-bond donors (Lipinski definition) is 0. The molecule has 1 saturated carbocycles. The van der Waals surface area contributed by atoms with E-state index in [0.29, 0.717) is 0 Å².